The Morgan fingerprint density at radius 2 is 1.69 bits per heavy atom. The Balaban J connectivity index is 1.68. The first kappa shape index (κ1) is 20.6. The Kier molecular flexibility index (Phi) is 7.04. The molecule has 0 saturated carbocycles. The maximum Gasteiger partial charge on any atom is 0.120 e. The van der Waals surface area contributed by atoms with Gasteiger partial charge in [0.05, 0.1) is 42.1 Å². The number of hydrogen-bond donors (Lipinski definition) is 2. The SMILES string of the molecule is N#Cc1ccc(C(CO)N2CCN(c3ccc(OCCO)cc3C#N)CC2)cc1. The van der Waals surface area contributed by atoms with Crippen LogP contribution in [0.5, 0.6) is 5.75 Å². The summed E-state index contributed by atoms with van der Waals surface area (Å²) in [5, 5.41) is 37.3. The van der Waals surface area contributed by atoms with Crippen LogP contribution in [0.15, 0.2) is 42.5 Å². The second-order valence-electron chi connectivity index (χ2n) is 6.82. The van der Waals surface area contributed by atoms with E-state index in [0.717, 1.165) is 37.4 Å². The van der Waals surface area contributed by atoms with Crippen LogP contribution in [0.3, 0.4) is 0 Å². The number of aliphatic hydroxyl groups excluding tert-OH is 2. The molecule has 2 aromatic rings. The molecule has 1 aliphatic rings. The van der Waals surface area contributed by atoms with Crippen LogP contribution in [0.25, 0.3) is 0 Å². The van der Waals surface area contributed by atoms with Crippen LogP contribution in [0.2, 0.25) is 0 Å². The molecule has 7 nitrogen and oxygen atoms in total. The van der Waals surface area contributed by atoms with Gasteiger partial charge in [-0.1, -0.05) is 12.1 Å². The minimum absolute atomic E-state index is 0.00619. The van der Waals surface area contributed by atoms with E-state index in [2.05, 4.69) is 21.9 Å². The van der Waals surface area contributed by atoms with Gasteiger partial charge in [0, 0.05) is 26.2 Å². The zero-order valence-electron chi connectivity index (χ0n) is 16.2. The Bertz CT molecular complexity index is 894. The lowest BCUT2D eigenvalue weighted by Gasteiger charge is -2.40. The smallest absolute Gasteiger partial charge is 0.120 e. The highest BCUT2D eigenvalue weighted by Gasteiger charge is 2.25. The molecule has 7 heteroatoms. The maximum absolute atomic E-state index is 9.93. The van der Waals surface area contributed by atoms with Crippen molar-refractivity contribution in [3.63, 3.8) is 0 Å². The van der Waals surface area contributed by atoms with E-state index in [1.54, 1.807) is 18.2 Å². The maximum atomic E-state index is 9.93. The summed E-state index contributed by atoms with van der Waals surface area (Å²) in [6.07, 6.45) is 0. The molecule has 0 bridgehead atoms. The van der Waals surface area contributed by atoms with Crippen LogP contribution in [0.1, 0.15) is 22.7 Å². The normalized spacial score (nSPS) is 15.4. The van der Waals surface area contributed by atoms with Gasteiger partial charge in [0.2, 0.25) is 0 Å². The van der Waals surface area contributed by atoms with Gasteiger partial charge < -0.3 is 19.8 Å². The molecule has 29 heavy (non-hydrogen) atoms. The molecule has 1 aliphatic heterocycles. The Hall–Kier alpha value is -3.10. The Morgan fingerprint density at radius 1 is 0.966 bits per heavy atom. The Labute approximate surface area is 170 Å². The summed E-state index contributed by atoms with van der Waals surface area (Å²) in [7, 11) is 0. The molecule has 0 aliphatic carbocycles. The molecule has 2 aromatic carbocycles. The van der Waals surface area contributed by atoms with Crippen LogP contribution in [-0.4, -0.2) is 61.1 Å². The summed E-state index contributed by atoms with van der Waals surface area (Å²) in [5.41, 5.74) is 3.00. The van der Waals surface area contributed by atoms with Gasteiger partial charge in [-0.05, 0) is 35.9 Å². The van der Waals surface area contributed by atoms with Gasteiger partial charge in [0.15, 0.2) is 0 Å². The molecular formula is C22H24N4O3. The molecule has 0 radical (unpaired) electrons. The summed E-state index contributed by atoms with van der Waals surface area (Å²) < 4.78 is 5.39. The fourth-order valence-electron chi connectivity index (χ4n) is 3.62. The zero-order valence-corrected chi connectivity index (χ0v) is 16.2. The number of anilines is 1. The van der Waals surface area contributed by atoms with Crippen molar-refractivity contribution in [1.82, 2.24) is 4.90 Å². The minimum atomic E-state index is -0.116. The first-order valence-corrected chi connectivity index (χ1v) is 9.58. The number of piperazine rings is 1. The summed E-state index contributed by atoms with van der Waals surface area (Å²) >= 11 is 0. The highest BCUT2D eigenvalue weighted by Crippen LogP contribution is 2.28. The largest absolute Gasteiger partial charge is 0.491 e. The number of benzene rings is 2. The van der Waals surface area contributed by atoms with Crippen LogP contribution in [0, 0.1) is 22.7 Å². The standard InChI is InChI=1S/C22H24N4O3/c23-14-17-1-3-18(4-2-17)22(16-28)26-9-7-25(8-10-26)21-6-5-20(29-12-11-27)13-19(21)15-24/h1-6,13,22,27-28H,7-12,16H2. The van der Waals surface area contributed by atoms with E-state index in [9.17, 15) is 10.4 Å². The molecule has 150 valence electrons. The molecule has 0 spiro atoms. The number of nitrogens with zero attached hydrogens (tertiary/aromatic N) is 4. The fourth-order valence-corrected chi connectivity index (χ4v) is 3.62. The average molecular weight is 392 g/mol. The van der Waals surface area contributed by atoms with E-state index in [0.29, 0.717) is 16.9 Å². The summed E-state index contributed by atoms with van der Waals surface area (Å²) in [4.78, 5) is 4.39. The van der Waals surface area contributed by atoms with Crippen molar-refractivity contribution < 1.29 is 14.9 Å². The molecule has 2 N–H and O–H groups in total. The summed E-state index contributed by atoms with van der Waals surface area (Å²) in [5.74, 6) is 0.569. The molecule has 3 rings (SSSR count). The number of nitriles is 2. The van der Waals surface area contributed by atoms with Crippen LogP contribution < -0.4 is 9.64 Å². The summed E-state index contributed by atoms with van der Waals surface area (Å²) in [6, 6.07) is 16.9. The third kappa shape index (κ3) is 4.85. The fraction of sp³-hybridized carbons (Fsp3) is 0.364. The van der Waals surface area contributed by atoms with Crippen LogP contribution in [0.4, 0.5) is 5.69 Å². The minimum Gasteiger partial charge on any atom is -0.491 e. The van der Waals surface area contributed by atoms with E-state index >= 15 is 0 Å². The van der Waals surface area contributed by atoms with Crippen molar-refractivity contribution in [2.45, 2.75) is 6.04 Å². The molecule has 1 unspecified atom stereocenters. The molecule has 1 heterocycles. The highest BCUT2D eigenvalue weighted by atomic mass is 16.5. The van der Waals surface area contributed by atoms with Crippen molar-refractivity contribution in [3.8, 4) is 17.9 Å². The topological polar surface area (TPSA) is 104 Å². The quantitative estimate of drug-likeness (QED) is 0.738. The molecule has 0 aromatic heterocycles. The van der Waals surface area contributed by atoms with Crippen molar-refractivity contribution in [3.05, 3.63) is 59.2 Å². The first-order chi connectivity index (χ1) is 14.2. The van der Waals surface area contributed by atoms with Crippen molar-refractivity contribution in [2.75, 3.05) is 50.9 Å². The van der Waals surface area contributed by atoms with Crippen molar-refractivity contribution >= 4 is 5.69 Å². The molecule has 1 fully saturated rings. The predicted molar refractivity (Wildman–Crippen MR) is 109 cm³/mol. The summed E-state index contributed by atoms with van der Waals surface area (Å²) in [6.45, 7) is 3.10. The van der Waals surface area contributed by atoms with E-state index in [1.807, 2.05) is 24.3 Å². The van der Waals surface area contributed by atoms with Gasteiger partial charge in [-0.15, -0.1) is 0 Å². The van der Waals surface area contributed by atoms with Gasteiger partial charge in [0.25, 0.3) is 0 Å². The molecular weight excluding hydrogens is 368 g/mol. The van der Waals surface area contributed by atoms with E-state index in [-0.39, 0.29) is 25.9 Å². The molecule has 0 amide bonds. The lowest BCUT2D eigenvalue weighted by atomic mass is 10.0. The van der Waals surface area contributed by atoms with Crippen molar-refractivity contribution in [2.24, 2.45) is 0 Å². The second-order valence-corrected chi connectivity index (χ2v) is 6.82. The van der Waals surface area contributed by atoms with Gasteiger partial charge in [-0.25, -0.2) is 0 Å². The lowest BCUT2D eigenvalue weighted by molar-refractivity contribution is 0.117. The van der Waals surface area contributed by atoms with Crippen LogP contribution >= 0.6 is 0 Å². The third-order valence-electron chi connectivity index (χ3n) is 5.14. The van der Waals surface area contributed by atoms with Crippen LogP contribution in [-0.2, 0) is 0 Å². The van der Waals surface area contributed by atoms with Crippen molar-refractivity contribution in [1.29, 1.82) is 10.5 Å². The van der Waals surface area contributed by atoms with Gasteiger partial charge >= 0.3 is 0 Å². The molecule has 1 saturated heterocycles. The highest BCUT2D eigenvalue weighted by molar-refractivity contribution is 5.62. The first-order valence-electron chi connectivity index (χ1n) is 9.58. The number of aliphatic hydroxyl groups is 2. The number of hydrogen-bond acceptors (Lipinski definition) is 7. The lowest BCUT2D eigenvalue weighted by Crippen LogP contribution is -2.48. The number of ether oxygens (including phenoxy) is 1. The predicted octanol–water partition coefficient (Wildman–Crippen LogP) is 1.66. The van der Waals surface area contributed by atoms with Gasteiger partial charge in [-0.3, -0.25) is 4.90 Å². The van der Waals surface area contributed by atoms with E-state index < -0.39 is 0 Å². The third-order valence-corrected chi connectivity index (χ3v) is 5.14. The number of rotatable bonds is 7. The second kappa shape index (κ2) is 9.90. The van der Waals surface area contributed by atoms with Gasteiger partial charge in [-0.2, -0.15) is 10.5 Å². The van der Waals surface area contributed by atoms with Gasteiger partial charge in [0.1, 0.15) is 18.4 Å². The Morgan fingerprint density at radius 3 is 2.28 bits per heavy atom. The average Bonchev–Trinajstić information content (AvgIpc) is 2.79. The monoisotopic (exact) mass is 392 g/mol. The zero-order chi connectivity index (χ0) is 20.6. The van der Waals surface area contributed by atoms with E-state index in [4.69, 9.17) is 15.1 Å². The molecule has 1 atom stereocenters. The van der Waals surface area contributed by atoms with E-state index in [1.165, 1.54) is 0 Å².